The van der Waals surface area contributed by atoms with Crippen molar-refractivity contribution < 1.29 is 9.57 Å². The minimum Gasteiger partial charge on any atom is -0.475 e. The van der Waals surface area contributed by atoms with Gasteiger partial charge in [0, 0.05) is 19.5 Å². The number of ether oxygens (including phenoxy) is 1. The summed E-state index contributed by atoms with van der Waals surface area (Å²) in [6, 6.07) is 5.58. The van der Waals surface area contributed by atoms with E-state index in [0.29, 0.717) is 23.0 Å². The van der Waals surface area contributed by atoms with Crippen molar-refractivity contribution in [1.82, 2.24) is 19.8 Å². The fraction of sp³-hybridized carbons (Fsp3) is 0.412. The first-order valence-corrected chi connectivity index (χ1v) is 8.22. The molecule has 0 saturated heterocycles. The summed E-state index contributed by atoms with van der Waals surface area (Å²) in [4.78, 5) is 16.9. The molecule has 0 unspecified atom stereocenters. The third-order valence-corrected chi connectivity index (χ3v) is 3.85. The van der Waals surface area contributed by atoms with Crippen molar-refractivity contribution in [3.05, 3.63) is 39.8 Å². The minimum atomic E-state index is -0.333. The number of hydrogen-bond acceptors (Lipinski definition) is 8. The van der Waals surface area contributed by atoms with Crippen LogP contribution >= 0.6 is 0 Å². The number of oxime groups is 1. The van der Waals surface area contributed by atoms with E-state index in [9.17, 15) is 4.79 Å². The van der Waals surface area contributed by atoms with E-state index in [1.807, 2.05) is 19.1 Å². The van der Waals surface area contributed by atoms with Gasteiger partial charge in [0.1, 0.15) is 13.7 Å². The third kappa shape index (κ3) is 4.87. The van der Waals surface area contributed by atoms with Gasteiger partial charge in [-0.2, -0.15) is 14.5 Å². The maximum absolute atomic E-state index is 12.2. The Morgan fingerprint density at radius 3 is 2.52 bits per heavy atom. The average Bonchev–Trinajstić information content (AvgIpc) is 2.97. The van der Waals surface area contributed by atoms with Gasteiger partial charge in [-0.3, -0.25) is 0 Å². The molecule has 0 saturated carbocycles. The van der Waals surface area contributed by atoms with Gasteiger partial charge in [-0.1, -0.05) is 17.3 Å². The minimum absolute atomic E-state index is 0.208. The molecular weight excluding hydrogens is 350 g/mol. The number of aryl methyl sites for hydroxylation is 2. The van der Waals surface area contributed by atoms with Gasteiger partial charge in [0.15, 0.2) is 0 Å². The average molecular weight is 373 g/mol. The molecule has 1 aromatic heterocycles. The molecule has 1 heterocycles. The molecule has 0 radical (unpaired) electrons. The van der Waals surface area contributed by atoms with Crippen LogP contribution in [0.25, 0.3) is 5.69 Å². The van der Waals surface area contributed by atoms with Crippen LogP contribution in [0.4, 0.5) is 0 Å². The van der Waals surface area contributed by atoms with Gasteiger partial charge in [-0.25, -0.2) is 4.79 Å². The van der Waals surface area contributed by atoms with E-state index in [-0.39, 0.29) is 12.3 Å². The van der Waals surface area contributed by atoms with Crippen LogP contribution in [0.2, 0.25) is 0 Å². The Kier molecular flexibility index (Phi) is 6.58. The van der Waals surface area contributed by atoms with Crippen LogP contribution in [0.3, 0.4) is 0 Å². The highest BCUT2D eigenvalue weighted by Crippen LogP contribution is 2.18. The highest BCUT2D eigenvalue weighted by molar-refractivity contribution is 6.40. The SMILES string of the molecule is CON=C(C)C(C)=NN=C(C)OCc1c(C)cccc1-n1nnn(C)c1=O. The van der Waals surface area contributed by atoms with Crippen molar-refractivity contribution in [2.45, 2.75) is 34.3 Å². The molecule has 0 aliphatic heterocycles. The molecule has 0 N–H and O–H groups in total. The molecule has 144 valence electrons. The molecule has 0 spiro atoms. The zero-order chi connectivity index (χ0) is 20.0. The molecule has 0 aliphatic carbocycles. The van der Waals surface area contributed by atoms with Crippen molar-refractivity contribution in [2.75, 3.05) is 7.11 Å². The zero-order valence-corrected chi connectivity index (χ0v) is 16.3. The van der Waals surface area contributed by atoms with Crippen LogP contribution in [0.5, 0.6) is 0 Å². The van der Waals surface area contributed by atoms with E-state index in [1.165, 1.54) is 16.5 Å². The number of tetrazole rings is 1. The van der Waals surface area contributed by atoms with Crippen LogP contribution in [0.1, 0.15) is 31.9 Å². The first-order chi connectivity index (χ1) is 12.8. The van der Waals surface area contributed by atoms with Crippen molar-refractivity contribution in [2.24, 2.45) is 22.4 Å². The fourth-order valence-corrected chi connectivity index (χ4v) is 2.16. The molecule has 0 fully saturated rings. The predicted molar refractivity (Wildman–Crippen MR) is 102 cm³/mol. The van der Waals surface area contributed by atoms with Crippen molar-refractivity contribution >= 4 is 17.3 Å². The molecule has 0 amide bonds. The molecular formula is C17H23N7O3. The van der Waals surface area contributed by atoms with Gasteiger partial charge in [0.25, 0.3) is 0 Å². The van der Waals surface area contributed by atoms with Crippen LogP contribution in [-0.4, -0.2) is 44.2 Å². The Balaban J connectivity index is 2.22. The maximum Gasteiger partial charge on any atom is 0.368 e. The number of nitrogens with zero attached hydrogens (tertiary/aromatic N) is 7. The Hall–Kier alpha value is -3.30. The first-order valence-electron chi connectivity index (χ1n) is 8.22. The topological polar surface area (TPSA) is 108 Å². The molecule has 1 aromatic carbocycles. The lowest BCUT2D eigenvalue weighted by Crippen LogP contribution is -2.23. The number of hydrogen-bond donors (Lipinski definition) is 0. The molecule has 0 atom stereocenters. The monoisotopic (exact) mass is 373 g/mol. The summed E-state index contributed by atoms with van der Waals surface area (Å²) in [5.41, 5.74) is 3.29. The lowest BCUT2D eigenvalue weighted by Gasteiger charge is -2.12. The van der Waals surface area contributed by atoms with E-state index < -0.39 is 0 Å². The molecule has 2 aromatic rings. The second-order valence-corrected chi connectivity index (χ2v) is 5.82. The lowest BCUT2D eigenvalue weighted by molar-refractivity contribution is 0.214. The van der Waals surface area contributed by atoms with Crippen molar-refractivity contribution in [3.63, 3.8) is 0 Å². The van der Waals surface area contributed by atoms with Crippen molar-refractivity contribution in [1.29, 1.82) is 0 Å². The second kappa shape index (κ2) is 8.88. The molecule has 0 aliphatic rings. The summed E-state index contributed by atoms with van der Waals surface area (Å²) in [5, 5.41) is 19.5. The Bertz CT molecular complexity index is 954. The Morgan fingerprint density at radius 1 is 1.15 bits per heavy atom. The van der Waals surface area contributed by atoms with Gasteiger partial charge in [-0.15, -0.1) is 5.10 Å². The highest BCUT2D eigenvalue weighted by atomic mass is 16.6. The van der Waals surface area contributed by atoms with E-state index in [2.05, 4.69) is 25.8 Å². The summed E-state index contributed by atoms with van der Waals surface area (Å²) in [6.07, 6.45) is 0. The van der Waals surface area contributed by atoms with Gasteiger partial charge >= 0.3 is 5.69 Å². The second-order valence-electron chi connectivity index (χ2n) is 5.82. The van der Waals surface area contributed by atoms with Crippen LogP contribution in [-0.2, 0) is 23.2 Å². The summed E-state index contributed by atoms with van der Waals surface area (Å²) in [7, 11) is 3.01. The van der Waals surface area contributed by atoms with Gasteiger partial charge in [-0.05, 0) is 42.8 Å². The van der Waals surface area contributed by atoms with E-state index >= 15 is 0 Å². The van der Waals surface area contributed by atoms with Gasteiger partial charge in [0.05, 0.1) is 17.1 Å². The summed E-state index contributed by atoms with van der Waals surface area (Å²) >= 11 is 0. The Labute approximate surface area is 156 Å². The molecule has 10 heteroatoms. The Morgan fingerprint density at radius 2 is 1.89 bits per heavy atom. The molecule has 10 nitrogen and oxygen atoms in total. The van der Waals surface area contributed by atoms with Crippen LogP contribution in [0.15, 0.2) is 38.4 Å². The fourth-order valence-electron chi connectivity index (χ4n) is 2.16. The number of aromatic nitrogens is 4. The third-order valence-electron chi connectivity index (χ3n) is 3.85. The number of benzene rings is 1. The van der Waals surface area contributed by atoms with E-state index in [1.54, 1.807) is 33.9 Å². The summed E-state index contributed by atoms with van der Waals surface area (Å²) < 4.78 is 8.12. The number of rotatable bonds is 6. The van der Waals surface area contributed by atoms with Gasteiger partial charge < -0.3 is 9.57 Å². The maximum atomic E-state index is 12.2. The zero-order valence-electron chi connectivity index (χ0n) is 16.3. The quantitative estimate of drug-likeness (QED) is 0.434. The van der Waals surface area contributed by atoms with E-state index in [4.69, 9.17) is 9.57 Å². The van der Waals surface area contributed by atoms with Crippen LogP contribution < -0.4 is 5.69 Å². The molecule has 0 bridgehead atoms. The first kappa shape index (κ1) is 20.0. The van der Waals surface area contributed by atoms with Gasteiger partial charge in [0.2, 0.25) is 5.90 Å². The summed E-state index contributed by atoms with van der Waals surface area (Å²) in [5.74, 6) is 0.375. The molecule has 27 heavy (non-hydrogen) atoms. The standard InChI is InChI=1S/C17H23N7O3/c1-11-8-7-9-16(24-17(25)23(5)21-22-24)15(11)10-27-14(4)19-18-12(2)13(3)20-26-6/h7-9H,10H2,1-6H3. The molecule has 2 rings (SSSR count). The lowest BCUT2D eigenvalue weighted by atomic mass is 10.1. The van der Waals surface area contributed by atoms with E-state index in [0.717, 1.165) is 11.1 Å². The predicted octanol–water partition coefficient (Wildman–Crippen LogP) is 1.61. The normalized spacial score (nSPS) is 13.0. The smallest absolute Gasteiger partial charge is 0.368 e. The largest absolute Gasteiger partial charge is 0.475 e. The summed E-state index contributed by atoms with van der Waals surface area (Å²) in [6.45, 7) is 7.38. The van der Waals surface area contributed by atoms with Crippen molar-refractivity contribution in [3.8, 4) is 5.69 Å². The van der Waals surface area contributed by atoms with Crippen LogP contribution in [0, 0.1) is 6.92 Å². The highest BCUT2D eigenvalue weighted by Gasteiger charge is 2.13.